The Hall–Kier alpha value is -1.04. The van der Waals surface area contributed by atoms with E-state index >= 15 is 0 Å². The van der Waals surface area contributed by atoms with E-state index in [9.17, 15) is 4.39 Å². The van der Waals surface area contributed by atoms with Gasteiger partial charge in [-0.05, 0) is 38.3 Å². The highest BCUT2D eigenvalue weighted by Crippen LogP contribution is 2.25. The number of nitrogens with two attached hydrogens (primary N) is 1. The standard InChI is InChI=1S/C15H21FN2OS/c16-14-11(4-1-7-13(14)15(17)20)10-18-8-2-5-12(18)6-3-9-19/h1,4,7,12,19H,2-3,5-6,8-10H2,(H2,17,20). The van der Waals surface area contributed by atoms with Crippen LogP contribution in [-0.4, -0.2) is 34.2 Å². The van der Waals surface area contributed by atoms with E-state index in [1.165, 1.54) is 0 Å². The largest absolute Gasteiger partial charge is 0.396 e. The smallest absolute Gasteiger partial charge is 0.137 e. The Balaban J connectivity index is 2.09. The van der Waals surface area contributed by atoms with Gasteiger partial charge in [0, 0.05) is 30.3 Å². The normalized spacial score (nSPS) is 19.4. The van der Waals surface area contributed by atoms with Gasteiger partial charge in [-0.3, -0.25) is 4.90 Å². The Kier molecular flexibility index (Phi) is 5.46. The molecule has 2 rings (SSSR count). The van der Waals surface area contributed by atoms with Crippen LogP contribution in [0.5, 0.6) is 0 Å². The molecule has 0 bridgehead atoms. The molecule has 3 nitrogen and oxygen atoms in total. The van der Waals surface area contributed by atoms with E-state index < -0.39 is 0 Å². The number of hydrogen-bond donors (Lipinski definition) is 2. The van der Waals surface area contributed by atoms with Crippen LogP contribution in [0.4, 0.5) is 4.39 Å². The number of rotatable bonds is 6. The number of likely N-dealkylation sites (tertiary alicyclic amines) is 1. The lowest BCUT2D eigenvalue weighted by atomic mass is 10.1. The van der Waals surface area contributed by atoms with Crippen molar-refractivity contribution >= 4 is 17.2 Å². The summed E-state index contributed by atoms with van der Waals surface area (Å²) in [6, 6.07) is 5.65. The molecule has 0 saturated carbocycles. The Bertz CT molecular complexity index is 481. The van der Waals surface area contributed by atoms with Crippen LogP contribution in [0.3, 0.4) is 0 Å². The molecule has 1 fully saturated rings. The molecule has 1 heterocycles. The SMILES string of the molecule is NC(=S)c1cccc(CN2CCCC2CCCO)c1F. The second-order valence-electron chi connectivity index (χ2n) is 5.28. The van der Waals surface area contributed by atoms with Crippen LogP contribution in [0.2, 0.25) is 0 Å². The number of halogens is 1. The number of nitrogens with zero attached hydrogens (tertiary/aromatic N) is 1. The first-order valence-corrected chi connectivity index (χ1v) is 7.46. The molecule has 1 saturated heterocycles. The molecule has 0 amide bonds. The van der Waals surface area contributed by atoms with Crippen molar-refractivity contribution in [2.24, 2.45) is 5.73 Å². The van der Waals surface area contributed by atoms with Crippen LogP contribution in [0.1, 0.15) is 36.8 Å². The molecule has 0 spiro atoms. The average molecular weight is 296 g/mol. The fraction of sp³-hybridized carbons (Fsp3) is 0.533. The molecule has 1 atom stereocenters. The number of hydrogen-bond acceptors (Lipinski definition) is 3. The molecule has 1 unspecified atom stereocenters. The summed E-state index contributed by atoms with van der Waals surface area (Å²) in [7, 11) is 0. The predicted molar refractivity (Wildman–Crippen MR) is 82.0 cm³/mol. The van der Waals surface area contributed by atoms with Crippen LogP contribution >= 0.6 is 12.2 Å². The molecule has 110 valence electrons. The molecule has 0 aliphatic carbocycles. The maximum atomic E-state index is 14.3. The first-order valence-electron chi connectivity index (χ1n) is 7.05. The zero-order chi connectivity index (χ0) is 14.5. The molecule has 1 aliphatic heterocycles. The maximum absolute atomic E-state index is 14.3. The number of aliphatic hydroxyl groups is 1. The van der Waals surface area contributed by atoms with E-state index in [0.29, 0.717) is 23.7 Å². The Morgan fingerprint density at radius 1 is 1.50 bits per heavy atom. The lowest BCUT2D eigenvalue weighted by molar-refractivity contribution is 0.208. The molecule has 1 aliphatic rings. The Labute approximate surface area is 124 Å². The zero-order valence-electron chi connectivity index (χ0n) is 11.5. The van der Waals surface area contributed by atoms with E-state index in [0.717, 1.165) is 32.2 Å². The monoisotopic (exact) mass is 296 g/mol. The molecule has 0 aromatic heterocycles. The summed E-state index contributed by atoms with van der Waals surface area (Å²) in [6.45, 7) is 1.78. The van der Waals surface area contributed by atoms with Gasteiger partial charge in [-0.2, -0.15) is 0 Å². The lowest BCUT2D eigenvalue weighted by Gasteiger charge is -2.24. The van der Waals surface area contributed by atoms with Gasteiger partial charge in [-0.1, -0.05) is 24.4 Å². The van der Waals surface area contributed by atoms with Crippen molar-refractivity contribution in [2.75, 3.05) is 13.2 Å². The van der Waals surface area contributed by atoms with Crippen molar-refractivity contribution in [3.63, 3.8) is 0 Å². The van der Waals surface area contributed by atoms with Crippen LogP contribution in [0.15, 0.2) is 18.2 Å². The molecular formula is C15H21FN2OS. The highest BCUT2D eigenvalue weighted by atomic mass is 32.1. The summed E-state index contributed by atoms with van der Waals surface area (Å²) < 4.78 is 14.3. The third-order valence-electron chi connectivity index (χ3n) is 3.91. The highest BCUT2D eigenvalue weighted by molar-refractivity contribution is 7.80. The van der Waals surface area contributed by atoms with Gasteiger partial charge in [-0.25, -0.2) is 4.39 Å². The lowest BCUT2D eigenvalue weighted by Crippen LogP contribution is -2.29. The topological polar surface area (TPSA) is 49.5 Å². The van der Waals surface area contributed by atoms with Crippen molar-refractivity contribution < 1.29 is 9.50 Å². The second-order valence-corrected chi connectivity index (χ2v) is 5.72. The Morgan fingerprint density at radius 3 is 3.00 bits per heavy atom. The van der Waals surface area contributed by atoms with Gasteiger partial charge >= 0.3 is 0 Å². The molecule has 1 aromatic rings. The molecule has 20 heavy (non-hydrogen) atoms. The molecule has 1 aromatic carbocycles. The fourth-order valence-electron chi connectivity index (χ4n) is 2.87. The van der Waals surface area contributed by atoms with Gasteiger partial charge < -0.3 is 10.8 Å². The molecule has 0 radical (unpaired) electrons. The van der Waals surface area contributed by atoms with Crippen molar-refractivity contribution in [2.45, 2.75) is 38.3 Å². The number of aliphatic hydroxyl groups excluding tert-OH is 1. The van der Waals surface area contributed by atoms with Crippen molar-refractivity contribution in [1.82, 2.24) is 4.90 Å². The molecule has 3 N–H and O–H groups in total. The summed E-state index contributed by atoms with van der Waals surface area (Å²) in [4.78, 5) is 2.39. The van der Waals surface area contributed by atoms with Crippen molar-refractivity contribution in [3.8, 4) is 0 Å². The first-order chi connectivity index (χ1) is 9.63. The minimum absolute atomic E-state index is 0.0996. The third-order valence-corrected chi connectivity index (χ3v) is 4.13. The van der Waals surface area contributed by atoms with Crippen LogP contribution in [-0.2, 0) is 6.54 Å². The average Bonchev–Trinajstić information content (AvgIpc) is 2.85. The summed E-state index contributed by atoms with van der Waals surface area (Å²) in [5, 5.41) is 8.94. The van der Waals surface area contributed by atoms with E-state index in [-0.39, 0.29) is 17.4 Å². The van der Waals surface area contributed by atoms with Crippen LogP contribution in [0.25, 0.3) is 0 Å². The number of thiocarbonyl (C=S) groups is 1. The molecule has 5 heteroatoms. The quantitative estimate of drug-likeness (QED) is 0.790. The van der Waals surface area contributed by atoms with Gasteiger partial charge in [0.1, 0.15) is 10.8 Å². The summed E-state index contributed by atoms with van der Waals surface area (Å²) >= 11 is 4.87. The Morgan fingerprint density at radius 2 is 2.30 bits per heavy atom. The van der Waals surface area contributed by atoms with Gasteiger partial charge in [-0.15, -0.1) is 0 Å². The van der Waals surface area contributed by atoms with E-state index in [2.05, 4.69) is 4.90 Å². The first kappa shape index (κ1) is 15.4. The van der Waals surface area contributed by atoms with Crippen molar-refractivity contribution in [1.29, 1.82) is 0 Å². The van der Waals surface area contributed by atoms with E-state index in [4.69, 9.17) is 23.1 Å². The summed E-state index contributed by atoms with van der Waals surface area (Å²) in [6.07, 6.45) is 4.02. The predicted octanol–water partition coefficient (Wildman–Crippen LogP) is 2.20. The third kappa shape index (κ3) is 3.53. The minimum atomic E-state index is -0.298. The van der Waals surface area contributed by atoms with Gasteiger partial charge in [0.2, 0.25) is 0 Å². The minimum Gasteiger partial charge on any atom is -0.396 e. The van der Waals surface area contributed by atoms with Crippen LogP contribution < -0.4 is 5.73 Å². The summed E-state index contributed by atoms with van der Waals surface area (Å²) in [5.41, 5.74) is 6.50. The zero-order valence-corrected chi connectivity index (χ0v) is 12.3. The molecular weight excluding hydrogens is 275 g/mol. The van der Waals surface area contributed by atoms with E-state index in [1.54, 1.807) is 18.2 Å². The van der Waals surface area contributed by atoms with E-state index in [1.807, 2.05) is 0 Å². The van der Waals surface area contributed by atoms with Crippen molar-refractivity contribution in [3.05, 3.63) is 35.1 Å². The maximum Gasteiger partial charge on any atom is 0.137 e. The van der Waals surface area contributed by atoms with Gasteiger partial charge in [0.15, 0.2) is 0 Å². The highest BCUT2D eigenvalue weighted by Gasteiger charge is 2.25. The second kappa shape index (κ2) is 7.11. The number of benzene rings is 1. The van der Waals surface area contributed by atoms with Crippen LogP contribution in [0, 0.1) is 5.82 Å². The van der Waals surface area contributed by atoms with Gasteiger partial charge in [0.05, 0.1) is 0 Å². The van der Waals surface area contributed by atoms with Gasteiger partial charge in [0.25, 0.3) is 0 Å². The fourth-order valence-corrected chi connectivity index (χ4v) is 3.03. The summed E-state index contributed by atoms with van der Waals surface area (Å²) in [5.74, 6) is -0.298.